The molecule has 0 radical (unpaired) electrons. The van der Waals surface area contributed by atoms with E-state index in [0.29, 0.717) is 5.82 Å². The van der Waals surface area contributed by atoms with Gasteiger partial charge in [0.15, 0.2) is 5.69 Å². The van der Waals surface area contributed by atoms with Crippen molar-refractivity contribution in [3.63, 3.8) is 0 Å². The topological polar surface area (TPSA) is 61.6 Å². The monoisotopic (exact) mass is 320 g/mol. The fraction of sp³-hybridized carbons (Fsp3) is 0.312. The standard InChI is InChI=1S/C16H15F3N4/c1-10(2)15(21-14-8-7-13(9-20)22-23-14)11-3-5-12(6-4-11)16(17,18)19/h3-8,10,15H,1-2H3,(H,21,23). The van der Waals surface area contributed by atoms with Crippen LogP contribution < -0.4 is 5.32 Å². The van der Waals surface area contributed by atoms with E-state index in [-0.39, 0.29) is 17.7 Å². The van der Waals surface area contributed by atoms with E-state index in [2.05, 4.69) is 15.5 Å². The van der Waals surface area contributed by atoms with Gasteiger partial charge in [0.2, 0.25) is 0 Å². The average Bonchev–Trinajstić information content (AvgIpc) is 2.52. The van der Waals surface area contributed by atoms with Crippen LogP contribution in [0.4, 0.5) is 19.0 Å². The first kappa shape index (κ1) is 16.7. The second-order valence-corrected chi connectivity index (χ2v) is 5.40. The van der Waals surface area contributed by atoms with Crippen LogP contribution in [0.15, 0.2) is 36.4 Å². The summed E-state index contributed by atoms with van der Waals surface area (Å²) in [7, 11) is 0. The number of nitrogens with zero attached hydrogens (tertiary/aromatic N) is 3. The molecule has 0 fully saturated rings. The van der Waals surface area contributed by atoms with Gasteiger partial charge in [-0.05, 0) is 35.7 Å². The third-order valence-electron chi connectivity index (χ3n) is 3.35. The van der Waals surface area contributed by atoms with Gasteiger partial charge < -0.3 is 5.32 Å². The number of halogens is 3. The van der Waals surface area contributed by atoms with Gasteiger partial charge in [-0.15, -0.1) is 10.2 Å². The third-order valence-corrected chi connectivity index (χ3v) is 3.35. The molecule has 0 aliphatic carbocycles. The van der Waals surface area contributed by atoms with Crippen molar-refractivity contribution in [1.29, 1.82) is 5.26 Å². The van der Waals surface area contributed by atoms with Gasteiger partial charge in [-0.2, -0.15) is 18.4 Å². The lowest BCUT2D eigenvalue weighted by molar-refractivity contribution is -0.137. The van der Waals surface area contributed by atoms with Crippen LogP contribution in [0.1, 0.15) is 36.7 Å². The Morgan fingerprint density at radius 1 is 1.04 bits per heavy atom. The van der Waals surface area contributed by atoms with Crippen LogP contribution >= 0.6 is 0 Å². The first-order valence-electron chi connectivity index (χ1n) is 6.99. The molecule has 1 aromatic carbocycles. The molecule has 1 heterocycles. The largest absolute Gasteiger partial charge is 0.416 e. The fourth-order valence-corrected chi connectivity index (χ4v) is 2.14. The van der Waals surface area contributed by atoms with Crippen molar-refractivity contribution in [2.75, 3.05) is 5.32 Å². The molecule has 0 amide bonds. The molecule has 0 aliphatic heterocycles. The molecule has 7 heteroatoms. The Balaban J connectivity index is 2.22. The predicted octanol–water partition coefficient (Wildman–Crippen LogP) is 4.18. The van der Waals surface area contributed by atoms with Crippen LogP contribution in [0.3, 0.4) is 0 Å². The van der Waals surface area contributed by atoms with E-state index >= 15 is 0 Å². The normalized spacial score (nSPS) is 12.7. The van der Waals surface area contributed by atoms with E-state index in [9.17, 15) is 13.2 Å². The summed E-state index contributed by atoms with van der Waals surface area (Å²) in [6.07, 6.45) is -4.35. The van der Waals surface area contributed by atoms with Crippen molar-refractivity contribution in [3.05, 3.63) is 53.2 Å². The minimum absolute atomic E-state index is 0.115. The van der Waals surface area contributed by atoms with E-state index in [1.807, 2.05) is 19.9 Å². The van der Waals surface area contributed by atoms with E-state index in [1.54, 1.807) is 6.07 Å². The van der Waals surface area contributed by atoms with E-state index in [4.69, 9.17) is 5.26 Å². The smallest absolute Gasteiger partial charge is 0.362 e. The summed E-state index contributed by atoms with van der Waals surface area (Å²) >= 11 is 0. The molecule has 1 aromatic heterocycles. The number of hydrogen-bond acceptors (Lipinski definition) is 4. The maximum absolute atomic E-state index is 12.6. The highest BCUT2D eigenvalue weighted by Gasteiger charge is 2.30. The quantitative estimate of drug-likeness (QED) is 0.918. The lowest BCUT2D eigenvalue weighted by Crippen LogP contribution is -2.18. The first-order chi connectivity index (χ1) is 10.8. The van der Waals surface area contributed by atoms with E-state index < -0.39 is 11.7 Å². The van der Waals surface area contributed by atoms with Gasteiger partial charge in [0.1, 0.15) is 11.9 Å². The van der Waals surface area contributed by atoms with Gasteiger partial charge in [-0.1, -0.05) is 26.0 Å². The molecule has 2 aromatic rings. The van der Waals surface area contributed by atoms with Crippen molar-refractivity contribution < 1.29 is 13.2 Å². The number of aromatic nitrogens is 2. The molecule has 1 atom stereocenters. The maximum atomic E-state index is 12.6. The Morgan fingerprint density at radius 3 is 2.13 bits per heavy atom. The average molecular weight is 320 g/mol. The fourth-order valence-electron chi connectivity index (χ4n) is 2.14. The molecular weight excluding hydrogens is 305 g/mol. The summed E-state index contributed by atoms with van der Waals surface area (Å²) in [5, 5.41) is 19.5. The third kappa shape index (κ3) is 4.19. The zero-order chi connectivity index (χ0) is 17.0. The number of hydrogen-bond donors (Lipinski definition) is 1. The number of nitrogens with one attached hydrogen (secondary N) is 1. The van der Waals surface area contributed by atoms with Crippen LogP contribution in [0, 0.1) is 17.2 Å². The van der Waals surface area contributed by atoms with Gasteiger partial charge in [0, 0.05) is 0 Å². The van der Waals surface area contributed by atoms with Crippen molar-refractivity contribution in [1.82, 2.24) is 10.2 Å². The number of rotatable bonds is 4. The van der Waals surface area contributed by atoms with Gasteiger partial charge in [-0.3, -0.25) is 0 Å². The highest BCUT2D eigenvalue weighted by Crippen LogP contribution is 2.32. The van der Waals surface area contributed by atoms with Gasteiger partial charge >= 0.3 is 6.18 Å². The molecule has 0 bridgehead atoms. The Hall–Kier alpha value is -2.62. The van der Waals surface area contributed by atoms with Crippen LogP contribution in [0.2, 0.25) is 0 Å². The summed E-state index contributed by atoms with van der Waals surface area (Å²) in [6.45, 7) is 3.90. The Bertz CT molecular complexity index is 685. The second-order valence-electron chi connectivity index (χ2n) is 5.40. The Kier molecular flexibility index (Phi) is 4.84. The summed E-state index contributed by atoms with van der Waals surface area (Å²) in [6, 6.07) is 9.84. The maximum Gasteiger partial charge on any atom is 0.416 e. The minimum Gasteiger partial charge on any atom is -0.362 e. The van der Waals surface area contributed by atoms with Gasteiger partial charge in [0.05, 0.1) is 11.6 Å². The summed E-state index contributed by atoms with van der Waals surface area (Å²) in [5.41, 5.74) is 0.243. The molecule has 0 saturated heterocycles. The van der Waals surface area contributed by atoms with Crippen LogP contribution in [-0.2, 0) is 6.18 Å². The molecule has 0 saturated carbocycles. The number of nitriles is 1. The molecule has 4 nitrogen and oxygen atoms in total. The summed E-state index contributed by atoms with van der Waals surface area (Å²) < 4.78 is 37.9. The van der Waals surface area contributed by atoms with Crippen molar-refractivity contribution >= 4 is 5.82 Å². The Labute approximate surface area is 132 Å². The van der Waals surface area contributed by atoms with Crippen LogP contribution in [-0.4, -0.2) is 10.2 Å². The summed E-state index contributed by atoms with van der Waals surface area (Å²) in [5.74, 6) is 0.576. The number of benzene rings is 1. The molecule has 0 aliphatic rings. The lowest BCUT2D eigenvalue weighted by Gasteiger charge is -2.23. The summed E-state index contributed by atoms with van der Waals surface area (Å²) in [4.78, 5) is 0. The van der Waals surface area contributed by atoms with E-state index in [1.165, 1.54) is 18.2 Å². The van der Waals surface area contributed by atoms with Crippen LogP contribution in [0.5, 0.6) is 0 Å². The number of alkyl halides is 3. The lowest BCUT2D eigenvalue weighted by atomic mass is 9.95. The minimum atomic E-state index is -4.35. The van der Waals surface area contributed by atoms with Crippen LogP contribution in [0.25, 0.3) is 0 Å². The van der Waals surface area contributed by atoms with E-state index in [0.717, 1.165) is 17.7 Å². The SMILES string of the molecule is CC(C)C(Nc1ccc(C#N)nn1)c1ccc(C(F)(F)F)cc1. The molecule has 0 spiro atoms. The molecule has 2 rings (SSSR count). The zero-order valence-corrected chi connectivity index (χ0v) is 12.6. The van der Waals surface area contributed by atoms with Crippen molar-refractivity contribution in [3.8, 4) is 6.07 Å². The van der Waals surface area contributed by atoms with Crippen molar-refractivity contribution in [2.45, 2.75) is 26.1 Å². The highest BCUT2D eigenvalue weighted by atomic mass is 19.4. The second kappa shape index (κ2) is 6.65. The zero-order valence-electron chi connectivity index (χ0n) is 12.6. The molecule has 1 unspecified atom stereocenters. The molecule has 23 heavy (non-hydrogen) atoms. The van der Waals surface area contributed by atoms with Gasteiger partial charge in [0.25, 0.3) is 0 Å². The molecular formula is C16H15F3N4. The predicted molar refractivity (Wildman–Crippen MR) is 79.4 cm³/mol. The molecule has 1 N–H and O–H groups in total. The number of anilines is 1. The Morgan fingerprint density at radius 2 is 1.70 bits per heavy atom. The van der Waals surface area contributed by atoms with Gasteiger partial charge in [-0.25, -0.2) is 0 Å². The molecule has 120 valence electrons. The van der Waals surface area contributed by atoms with Crippen molar-refractivity contribution in [2.24, 2.45) is 5.92 Å². The highest BCUT2D eigenvalue weighted by molar-refractivity contribution is 5.40. The first-order valence-corrected chi connectivity index (χ1v) is 6.99.